The molecule has 2 rings (SSSR count). The minimum atomic E-state index is -1.14. The Labute approximate surface area is 116 Å². The van der Waals surface area contributed by atoms with Crippen LogP contribution in [0.1, 0.15) is 19.8 Å². The summed E-state index contributed by atoms with van der Waals surface area (Å²) >= 11 is 0. The summed E-state index contributed by atoms with van der Waals surface area (Å²) in [6.07, 6.45) is 0.882. The number of nitrogens with one attached hydrogen (secondary N) is 1. The highest BCUT2D eigenvalue weighted by atomic mass is 16.4. The van der Waals surface area contributed by atoms with Crippen LogP contribution in [0.2, 0.25) is 0 Å². The number of piperazine rings is 1. The monoisotopic (exact) mass is 285 g/mol. The Morgan fingerprint density at radius 1 is 1.35 bits per heavy atom. The quantitative estimate of drug-likeness (QED) is 0.563. The van der Waals surface area contributed by atoms with E-state index in [1.165, 1.54) is 4.90 Å². The molecule has 2 saturated heterocycles. The molecule has 20 heavy (non-hydrogen) atoms. The molecule has 1 atom stereocenters. The molecule has 3 N–H and O–H groups in total. The number of aliphatic hydroxyl groups is 1. The van der Waals surface area contributed by atoms with E-state index < -0.39 is 23.6 Å². The topological polar surface area (TPSA) is 110 Å². The van der Waals surface area contributed by atoms with Gasteiger partial charge in [-0.15, -0.1) is 0 Å². The van der Waals surface area contributed by atoms with Gasteiger partial charge in [0.1, 0.15) is 12.6 Å². The second-order valence-corrected chi connectivity index (χ2v) is 5.55. The lowest BCUT2D eigenvalue weighted by atomic mass is 9.94. The smallest absolute Gasteiger partial charge is 0.328 e. The maximum Gasteiger partial charge on any atom is 0.328 e. The minimum absolute atomic E-state index is 0.0779. The highest BCUT2D eigenvalue weighted by Gasteiger charge is 2.39. The number of likely N-dealkylation sites (tertiary alicyclic amines) is 1. The maximum absolute atomic E-state index is 12.4. The Morgan fingerprint density at radius 3 is 2.50 bits per heavy atom. The molecular formula is C12H19N3O5. The number of carbonyl (C=O) groups excluding carboxylic acids is 2. The van der Waals surface area contributed by atoms with Crippen molar-refractivity contribution in [2.75, 3.05) is 26.2 Å². The summed E-state index contributed by atoms with van der Waals surface area (Å²) in [5.41, 5.74) is -0.789. The van der Waals surface area contributed by atoms with Crippen molar-refractivity contribution in [2.45, 2.75) is 31.4 Å². The van der Waals surface area contributed by atoms with Crippen LogP contribution in [0, 0.1) is 0 Å². The van der Waals surface area contributed by atoms with E-state index in [-0.39, 0.29) is 19.0 Å². The third-order valence-corrected chi connectivity index (χ3v) is 3.82. The molecule has 3 amide bonds. The lowest BCUT2D eigenvalue weighted by Gasteiger charge is -2.40. The van der Waals surface area contributed by atoms with Crippen molar-refractivity contribution in [1.82, 2.24) is 15.1 Å². The van der Waals surface area contributed by atoms with Crippen LogP contribution in [0.5, 0.6) is 0 Å². The van der Waals surface area contributed by atoms with Gasteiger partial charge in [-0.1, -0.05) is 0 Å². The fourth-order valence-corrected chi connectivity index (χ4v) is 2.42. The molecule has 2 aliphatic heterocycles. The summed E-state index contributed by atoms with van der Waals surface area (Å²) in [6, 6.07) is -1.50. The SMILES string of the molecule is CC1(O)CCN(C(=O)N2CC(=O)NCC2C(=O)O)CC1. The number of hydrogen-bond donors (Lipinski definition) is 3. The molecule has 0 aliphatic carbocycles. The van der Waals surface area contributed by atoms with Crippen molar-refractivity contribution in [3.8, 4) is 0 Å². The number of rotatable bonds is 1. The fourth-order valence-electron chi connectivity index (χ4n) is 2.42. The van der Waals surface area contributed by atoms with Crippen molar-refractivity contribution in [1.29, 1.82) is 0 Å². The minimum Gasteiger partial charge on any atom is -0.480 e. The predicted molar refractivity (Wildman–Crippen MR) is 68.0 cm³/mol. The van der Waals surface area contributed by atoms with Gasteiger partial charge in [0.05, 0.1) is 5.60 Å². The van der Waals surface area contributed by atoms with Gasteiger partial charge < -0.3 is 20.4 Å². The molecule has 8 nitrogen and oxygen atoms in total. The summed E-state index contributed by atoms with van der Waals surface area (Å²) in [7, 11) is 0. The molecule has 2 aliphatic rings. The second kappa shape index (κ2) is 5.28. The predicted octanol–water partition coefficient (Wildman–Crippen LogP) is -1.16. The number of hydrogen-bond acceptors (Lipinski definition) is 4. The molecule has 1 unspecified atom stereocenters. The van der Waals surface area contributed by atoms with Crippen LogP contribution >= 0.6 is 0 Å². The van der Waals surface area contributed by atoms with Crippen LogP contribution < -0.4 is 5.32 Å². The second-order valence-electron chi connectivity index (χ2n) is 5.55. The number of carbonyl (C=O) groups is 3. The molecule has 0 aromatic rings. The Kier molecular flexibility index (Phi) is 3.85. The van der Waals surface area contributed by atoms with Crippen LogP contribution in [0.25, 0.3) is 0 Å². The van der Waals surface area contributed by atoms with Gasteiger partial charge in [0, 0.05) is 19.6 Å². The Bertz CT molecular complexity index is 427. The van der Waals surface area contributed by atoms with Crippen molar-refractivity contribution in [3.63, 3.8) is 0 Å². The molecule has 0 aromatic carbocycles. The fraction of sp³-hybridized carbons (Fsp3) is 0.750. The van der Waals surface area contributed by atoms with Crippen LogP contribution in [0.15, 0.2) is 0 Å². The van der Waals surface area contributed by atoms with Gasteiger partial charge in [0.15, 0.2) is 0 Å². The van der Waals surface area contributed by atoms with Crippen molar-refractivity contribution in [3.05, 3.63) is 0 Å². The van der Waals surface area contributed by atoms with Gasteiger partial charge >= 0.3 is 12.0 Å². The zero-order chi connectivity index (χ0) is 14.9. The normalized spacial score (nSPS) is 26.1. The molecule has 112 valence electrons. The van der Waals surface area contributed by atoms with Gasteiger partial charge in [0.25, 0.3) is 0 Å². The van der Waals surface area contributed by atoms with Crippen LogP contribution in [-0.2, 0) is 9.59 Å². The number of aliphatic carboxylic acids is 1. The molecular weight excluding hydrogens is 266 g/mol. The Morgan fingerprint density at radius 2 is 1.95 bits per heavy atom. The summed E-state index contributed by atoms with van der Waals surface area (Å²) in [5.74, 6) is -1.50. The van der Waals surface area contributed by atoms with Gasteiger partial charge in [-0.3, -0.25) is 9.69 Å². The molecule has 0 aromatic heterocycles. The summed E-state index contributed by atoms with van der Waals surface area (Å²) in [6.45, 7) is 2.10. The first kappa shape index (κ1) is 14.6. The number of urea groups is 1. The van der Waals surface area contributed by atoms with Gasteiger partial charge in [-0.25, -0.2) is 9.59 Å². The number of carboxylic acid groups (broad SMARTS) is 1. The van der Waals surface area contributed by atoms with Gasteiger partial charge in [-0.05, 0) is 19.8 Å². The molecule has 8 heteroatoms. The number of amides is 3. The van der Waals surface area contributed by atoms with Crippen molar-refractivity contribution < 1.29 is 24.6 Å². The first-order valence-electron chi connectivity index (χ1n) is 6.57. The number of nitrogens with zero attached hydrogens (tertiary/aromatic N) is 2. The molecule has 0 bridgehead atoms. The largest absolute Gasteiger partial charge is 0.480 e. The van der Waals surface area contributed by atoms with Gasteiger partial charge in [-0.2, -0.15) is 0 Å². The van der Waals surface area contributed by atoms with E-state index >= 15 is 0 Å². The number of carboxylic acids is 1. The zero-order valence-electron chi connectivity index (χ0n) is 11.3. The Hall–Kier alpha value is -1.83. The first-order chi connectivity index (χ1) is 9.30. The standard InChI is InChI=1S/C12H19N3O5/c1-12(20)2-4-14(5-3-12)11(19)15-7-9(16)13-6-8(15)10(17)18/h8,20H,2-7H2,1H3,(H,13,16)(H,17,18). The molecule has 2 heterocycles. The zero-order valence-corrected chi connectivity index (χ0v) is 11.3. The average molecular weight is 285 g/mol. The van der Waals surface area contributed by atoms with Crippen molar-refractivity contribution in [2.24, 2.45) is 0 Å². The average Bonchev–Trinajstić information content (AvgIpc) is 2.37. The summed E-state index contributed by atoms with van der Waals surface area (Å²) in [4.78, 5) is 37.5. The summed E-state index contributed by atoms with van der Waals surface area (Å²) in [5, 5.41) is 21.4. The molecule has 2 fully saturated rings. The van der Waals surface area contributed by atoms with Gasteiger partial charge in [0.2, 0.25) is 5.91 Å². The van der Waals surface area contributed by atoms with Crippen molar-refractivity contribution >= 4 is 17.9 Å². The molecule has 0 spiro atoms. The highest BCUT2D eigenvalue weighted by Crippen LogP contribution is 2.22. The van der Waals surface area contributed by atoms with E-state index in [1.54, 1.807) is 6.92 Å². The van der Waals surface area contributed by atoms with E-state index in [1.807, 2.05) is 0 Å². The molecule has 0 saturated carbocycles. The Balaban J connectivity index is 2.06. The number of piperidine rings is 1. The van der Waals surface area contributed by atoms with E-state index in [2.05, 4.69) is 5.32 Å². The van der Waals surface area contributed by atoms with Crippen LogP contribution in [-0.4, -0.2) is 75.7 Å². The van der Waals surface area contributed by atoms with E-state index in [0.29, 0.717) is 25.9 Å². The van der Waals surface area contributed by atoms with Crippen LogP contribution in [0.4, 0.5) is 4.79 Å². The van der Waals surface area contributed by atoms with E-state index in [4.69, 9.17) is 5.11 Å². The van der Waals surface area contributed by atoms with Crippen LogP contribution in [0.3, 0.4) is 0 Å². The molecule has 0 radical (unpaired) electrons. The summed E-state index contributed by atoms with van der Waals surface area (Å²) < 4.78 is 0. The first-order valence-corrected chi connectivity index (χ1v) is 6.57. The van der Waals surface area contributed by atoms with E-state index in [0.717, 1.165) is 4.90 Å². The maximum atomic E-state index is 12.4. The highest BCUT2D eigenvalue weighted by molar-refractivity contribution is 5.90. The lowest BCUT2D eigenvalue weighted by Crippen LogP contribution is -2.62. The third-order valence-electron chi connectivity index (χ3n) is 3.82. The third kappa shape index (κ3) is 3.01. The lowest BCUT2D eigenvalue weighted by molar-refractivity contribution is -0.144. The van der Waals surface area contributed by atoms with E-state index in [9.17, 15) is 19.5 Å².